The van der Waals surface area contributed by atoms with E-state index in [0.717, 1.165) is 28.9 Å². The van der Waals surface area contributed by atoms with Crippen LogP contribution in [0.1, 0.15) is 54.4 Å². The first-order chi connectivity index (χ1) is 15.4. The number of amides is 4. The number of carbonyl (C=O) groups is 3. The molecule has 4 amide bonds. The minimum atomic E-state index is -1.35. The van der Waals surface area contributed by atoms with Crippen LogP contribution in [-0.2, 0) is 15.1 Å². The number of rotatable bonds is 6. The van der Waals surface area contributed by atoms with E-state index in [1.807, 2.05) is 62.4 Å². The van der Waals surface area contributed by atoms with Gasteiger partial charge >= 0.3 is 6.03 Å². The zero-order chi connectivity index (χ0) is 22.7. The van der Waals surface area contributed by atoms with Crippen LogP contribution in [0.25, 0.3) is 0 Å². The van der Waals surface area contributed by atoms with Gasteiger partial charge in [0, 0.05) is 6.54 Å². The largest absolute Gasteiger partial charge is 0.354 e. The molecule has 1 atom stereocenters. The zero-order valence-electron chi connectivity index (χ0n) is 18.8. The maximum absolute atomic E-state index is 13.7. The third kappa shape index (κ3) is 4.14. The van der Waals surface area contributed by atoms with Crippen LogP contribution in [0.5, 0.6) is 0 Å². The number of carbonyl (C=O) groups excluding carboxylic acids is 3. The number of hydrogen-bond donors (Lipinski definition) is 2. The molecule has 6 heteroatoms. The Morgan fingerprint density at radius 3 is 2.41 bits per heavy atom. The highest BCUT2D eigenvalue weighted by atomic mass is 16.2. The molecule has 4 rings (SSSR count). The molecule has 0 aromatic heterocycles. The molecule has 0 spiro atoms. The Balaban J connectivity index is 1.59. The first kappa shape index (κ1) is 22.1. The highest BCUT2D eigenvalue weighted by Crippen LogP contribution is 2.36. The summed E-state index contributed by atoms with van der Waals surface area (Å²) in [5.41, 5.74) is 2.15. The minimum absolute atomic E-state index is 0.281. The number of aryl methyl sites for hydroxylation is 2. The molecule has 2 aromatic carbocycles. The summed E-state index contributed by atoms with van der Waals surface area (Å²) >= 11 is 0. The smallest absolute Gasteiger partial charge is 0.326 e. The molecule has 6 nitrogen and oxygen atoms in total. The third-order valence-corrected chi connectivity index (χ3v) is 6.87. The molecule has 168 valence electrons. The Hall–Kier alpha value is -3.15. The number of nitrogens with one attached hydrogen (secondary N) is 2. The van der Waals surface area contributed by atoms with Crippen molar-refractivity contribution >= 4 is 17.8 Å². The summed E-state index contributed by atoms with van der Waals surface area (Å²) in [6.45, 7) is 4.31. The molecule has 1 aliphatic heterocycles. The normalized spacial score (nSPS) is 21.5. The van der Waals surface area contributed by atoms with E-state index < -0.39 is 17.5 Å². The number of urea groups is 1. The lowest BCUT2D eigenvalue weighted by molar-refractivity contribution is -0.134. The molecular formula is C26H31N3O3. The molecule has 32 heavy (non-hydrogen) atoms. The van der Waals surface area contributed by atoms with Crippen molar-refractivity contribution in [1.29, 1.82) is 0 Å². The molecule has 1 aliphatic carbocycles. The van der Waals surface area contributed by atoms with Crippen molar-refractivity contribution in [3.8, 4) is 0 Å². The van der Waals surface area contributed by atoms with Gasteiger partial charge in [-0.2, -0.15) is 0 Å². The first-order valence-corrected chi connectivity index (χ1v) is 11.5. The second kappa shape index (κ2) is 9.15. The molecule has 0 bridgehead atoms. The van der Waals surface area contributed by atoms with Gasteiger partial charge in [-0.05, 0) is 54.9 Å². The van der Waals surface area contributed by atoms with Crippen LogP contribution in [0.3, 0.4) is 0 Å². The van der Waals surface area contributed by atoms with Crippen molar-refractivity contribution in [2.75, 3.05) is 13.1 Å². The van der Waals surface area contributed by atoms with Gasteiger partial charge in [0.2, 0.25) is 5.91 Å². The summed E-state index contributed by atoms with van der Waals surface area (Å²) in [7, 11) is 0. The molecule has 0 unspecified atom stereocenters. The fourth-order valence-corrected chi connectivity index (χ4v) is 4.79. The van der Waals surface area contributed by atoms with E-state index in [-0.39, 0.29) is 12.5 Å². The number of nitrogens with zero attached hydrogens (tertiary/aromatic N) is 1. The Morgan fingerprint density at radius 2 is 1.72 bits per heavy atom. The second-order valence-electron chi connectivity index (χ2n) is 9.04. The molecular weight excluding hydrogens is 402 g/mol. The molecule has 1 saturated heterocycles. The standard InChI is InChI=1S/C26H31N3O3/c1-18-13-14-22(15-19(18)2)26(21-11-7-4-8-12-21)24(31)29(25(32)28-26)17-23(30)27-16-20-9-5-3-6-10-20/h4,7-8,11-15,20H,3,5-6,9-10,16-17H2,1-2H3,(H,27,30)(H,28,32)/t26-/m1/s1. The van der Waals surface area contributed by atoms with Gasteiger partial charge < -0.3 is 10.6 Å². The Kier molecular flexibility index (Phi) is 6.31. The average molecular weight is 434 g/mol. The first-order valence-electron chi connectivity index (χ1n) is 11.5. The number of benzene rings is 2. The summed E-state index contributed by atoms with van der Waals surface area (Å²) in [5.74, 6) is -0.248. The van der Waals surface area contributed by atoms with Crippen molar-refractivity contribution in [2.24, 2.45) is 5.92 Å². The Labute approximate surface area is 189 Å². The van der Waals surface area contributed by atoms with Gasteiger partial charge in [0.15, 0.2) is 5.54 Å². The fourth-order valence-electron chi connectivity index (χ4n) is 4.79. The van der Waals surface area contributed by atoms with Gasteiger partial charge in [0.25, 0.3) is 5.91 Å². The van der Waals surface area contributed by atoms with Gasteiger partial charge in [-0.15, -0.1) is 0 Å². The van der Waals surface area contributed by atoms with Gasteiger partial charge in [-0.25, -0.2) is 4.79 Å². The van der Waals surface area contributed by atoms with Crippen LogP contribution in [0.4, 0.5) is 4.79 Å². The van der Waals surface area contributed by atoms with Crippen LogP contribution in [0.2, 0.25) is 0 Å². The van der Waals surface area contributed by atoms with Crippen LogP contribution < -0.4 is 10.6 Å². The number of hydrogen-bond acceptors (Lipinski definition) is 3. The summed E-state index contributed by atoms with van der Waals surface area (Å²) in [5, 5.41) is 5.85. The SMILES string of the molecule is Cc1ccc([C@@]2(c3ccccc3)NC(=O)N(CC(=O)NCC3CCCCC3)C2=O)cc1C. The highest BCUT2D eigenvalue weighted by Gasteiger charge is 2.54. The van der Waals surface area contributed by atoms with Crippen LogP contribution in [0.15, 0.2) is 48.5 Å². The van der Waals surface area contributed by atoms with E-state index in [1.54, 1.807) is 0 Å². The number of imide groups is 1. The Bertz CT molecular complexity index is 1010. The average Bonchev–Trinajstić information content (AvgIpc) is 3.06. The molecule has 1 heterocycles. The van der Waals surface area contributed by atoms with Gasteiger partial charge in [-0.1, -0.05) is 67.8 Å². The highest BCUT2D eigenvalue weighted by molar-refractivity contribution is 6.11. The van der Waals surface area contributed by atoms with Crippen molar-refractivity contribution in [3.63, 3.8) is 0 Å². The summed E-state index contributed by atoms with van der Waals surface area (Å²) < 4.78 is 0. The summed E-state index contributed by atoms with van der Waals surface area (Å²) in [4.78, 5) is 40.4. The predicted octanol–water partition coefficient (Wildman–Crippen LogP) is 3.80. The zero-order valence-corrected chi connectivity index (χ0v) is 18.8. The van der Waals surface area contributed by atoms with E-state index in [0.29, 0.717) is 23.6 Å². The molecule has 2 aliphatic rings. The lowest BCUT2D eigenvalue weighted by Gasteiger charge is -2.28. The summed E-state index contributed by atoms with van der Waals surface area (Å²) in [6.07, 6.45) is 5.89. The van der Waals surface area contributed by atoms with E-state index in [9.17, 15) is 14.4 Å². The van der Waals surface area contributed by atoms with E-state index >= 15 is 0 Å². The molecule has 2 N–H and O–H groups in total. The van der Waals surface area contributed by atoms with Crippen molar-refractivity contribution < 1.29 is 14.4 Å². The van der Waals surface area contributed by atoms with Gasteiger partial charge in [0.1, 0.15) is 6.54 Å². The monoisotopic (exact) mass is 433 g/mol. The van der Waals surface area contributed by atoms with E-state index in [4.69, 9.17) is 0 Å². The fraction of sp³-hybridized carbons (Fsp3) is 0.423. The van der Waals surface area contributed by atoms with Crippen LogP contribution >= 0.6 is 0 Å². The van der Waals surface area contributed by atoms with Gasteiger partial charge in [0.05, 0.1) is 0 Å². The van der Waals surface area contributed by atoms with Crippen molar-refractivity contribution in [1.82, 2.24) is 15.5 Å². The molecule has 2 aromatic rings. The van der Waals surface area contributed by atoms with Crippen molar-refractivity contribution in [3.05, 3.63) is 70.8 Å². The lowest BCUT2D eigenvalue weighted by Crippen LogP contribution is -2.46. The second-order valence-corrected chi connectivity index (χ2v) is 9.04. The predicted molar refractivity (Wildman–Crippen MR) is 123 cm³/mol. The van der Waals surface area contributed by atoms with Crippen LogP contribution in [-0.4, -0.2) is 35.8 Å². The third-order valence-electron chi connectivity index (χ3n) is 6.87. The molecule has 1 saturated carbocycles. The van der Waals surface area contributed by atoms with Gasteiger partial charge in [-0.3, -0.25) is 14.5 Å². The van der Waals surface area contributed by atoms with E-state index in [1.165, 1.54) is 19.3 Å². The molecule has 0 radical (unpaired) electrons. The van der Waals surface area contributed by atoms with Crippen LogP contribution in [0, 0.1) is 19.8 Å². The lowest BCUT2D eigenvalue weighted by atomic mass is 9.81. The molecule has 2 fully saturated rings. The maximum atomic E-state index is 13.7. The van der Waals surface area contributed by atoms with Crippen molar-refractivity contribution in [2.45, 2.75) is 51.5 Å². The maximum Gasteiger partial charge on any atom is 0.326 e. The van der Waals surface area contributed by atoms with E-state index in [2.05, 4.69) is 10.6 Å². The topological polar surface area (TPSA) is 78.5 Å². The Morgan fingerprint density at radius 1 is 1.00 bits per heavy atom. The summed E-state index contributed by atoms with van der Waals surface area (Å²) in [6, 6.07) is 14.4. The quantitative estimate of drug-likeness (QED) is 0.681. The minimum Gasteiger partial charge on any atom is -0.354 e.